The van der Waals surface area contributed by atoms with Crippen molar-refractivity contribution in [3.8, 4) is 17.6 Å². The van der Waals surface area contributed by atoms with Gasteiger partial charge >= 0.3 is 0 Å². The van der Waals surface area contributed by atoms with Gasteiger partial charge in [0.05, 0.1) is 6.61 Å². The molecule has 0 saturated heterocycles. The molecule has 1 nitrogen and oxygen atoms in total. The number of rotatable bonds is 11. The standard InChI is InChI=1S/C35H44O/c1-3-5-6-7-8-9-10-11-28-14-19-31(20-15-28)32-21-16-29(17-22-32)12-13-30-18-23-34-27-35(36-4-2)25-24-33(34)26-30/h16-18,21-28,31H,3-11,14-15,19-20H2,1-2H3. The third-order valence-electron chi connectivity index (χ3n) is 7.92. The molecule has 1 saturated carbocycles. The highest BCUT2D eigenvalue weighted by molar-refractivity contribution is 5.85. The van der Waals surface area contributed by atoms with E-state index in [0.717, 1.165) is 28.7 Å². The van der Waals surface area contributed by atoms with Crippen molar-refractivity contribution in [3.63, 3.8) is 0 Å². The highest BCUT2D eigenvalue weighted by Gasteiger charge is 2.21. The van der Waals surface area contributed by atoms with E-state index in [4.69, 9.17) is 4.74 Å². The summed E-state index contributed by atoms with van der Waals surface area (Å²) >= 11 is 0. The van der Waals surface area contributed by atoms with Gasteiger partial charge in [0.25, 0.3) is 0 Å². The van der Waals surface area contributed by atoms with Crippen molar-refractivity contribution in [3.05, 3.63) is 77.4 Å². The monoisotopic (exact) mass is 480 g/mol. The van der Waals surface area contributed by atoms with Crippen molar-refractivity contribution in [1.82, 2.24) is 0 Å². The van der Waals surface area contributed by atoms with E-state index >= 15 is 0 Å². The fraction of sp³-hybridized carbons (Fsp3) is 0.486. The van der Waals surface area contributed by atoms with Crippen LogP contribution in [0.25, 0.3) is 10.8 Å². The third-order valence-corrected chi connectivity index (χ3v) is 7.92. The van der Waals surface area contributed by atoms with Crippen LogP contribution in [-0.4, -0.2) is 6.61 Å². The van der Waals surface area contributed by atoms with Crippen LogP contribution < -0.4 is 4.74 Å². The zero-order valence-electron chi connectivity index (χ0n) is 22.5. The molecule has 36 heavy (non-hydrogen) atoms. The molecule has 3 aromatic carbocycles. The lowest BCUT2D eigenvalue weighted by molar-refractivity contribution is 0.302. The lowest BCUT2D eigenvalue weighted by Crippen LogP contribution is -2.13. The fourth-order valence-electron chi connectivity index (χ4n) is 5.72. The average molecular weight is 481 g/mol. The largest absolute Gasteiger partial charge is 0.494 e. The van der Waals surface area contributed by atoms with Crippen LogP contribution in [0.3, 0.4) is 0 Å². The smallest absolute Gasteiger partial charge is 0.119 e. The van der Waals surface area contributed by atoms with Crippen LogP contribution in [0.5, 0.6) is 5.75 Å². The highest BCUT2D eigenvalue weighted by atomic mass is 16.5. The van der Waals surface area contributed by atoms with Gasteiger partial charge in [-0.15, -0.1) is 0 Å². The van der Waals surface area contributed by atoms with Gasteiger partial charge in [-0.05, 0) is 97.2 Å². The molecular weight excluding hydrogens is 436 g/mol. The van der Waals surface area contributed by atoms with E-state index in [1.807, 2.05) is 13.0 Å². The lowest BCUT2D eigenvalue weighted by atomic mass is 9.77. The van der Waals surface area contributed by atoms with E-state index < -0.39 is 0 Å². The maximum absolute atomic E-state index is 5.61. The van der Waals surface area contributed by atoms with Crippen LogP contribution in [0.4, 0.5) is 0 Å². The molecule has 190 valence electrons. The molecule has 3 aromatic rings. The zero-order valence-corrected chi connectivity index (χ0v) is 22.5. The normalized spacial score (nSPS) is 17.5. The Bertz CT molecular complexity index is 1120. The minimum absolute atomic E-state index is 0.689. The number of benzene rings is 3. The average Bonchev–Trinajstić information content (AvgIpc) is 2.92. The van der Waals surface area contributed by atoms with Gasteiger partial charge in [0.15, 0.2) is 0 Å². The molecule has 1 aliphatic carbocycles. The van der Waals surface area contributed by atoms with Gasteiger partial charge in [0.1, 0.15) is 5.75 Å². The number of unbranched alkanes of at least 4 members (excludes halogenated alkanes) is 6. The van der Waals surface area contributed by atoms with E-state index in [9.17, 15) is 0 Å². The summed E-state index contributed by atoms with van der Waals surface area (Å²) in [4.78, 5) is 0. The summed E-state index contributed by atoms with van der Waals surface area (Å²) in [5.74, 6) is 9.34. The van der Waals surface area contributed by atoms with Crippen molar-refractivity contribution >= 4 is 10.8 Å². The van der Waals surface area contributed by atoms with Gasteiger partial charge in [-0.3, -0.25) is 0 Å². The van der Waals surface area contributed by atoms with Gasteiger partial charge in [-0.1, -0.05) is 94.4 Å². The van der Waals surface area contributed by atoms with Crippen molar-refractivity contribution in [2.45, 2.75) is 96.8 Å². The summed E-state index contributed by atoms with van der Waals surface area (Å²) in [6, 6.07) is 21.7. The second-order valence-electron chi connectivity index (χ2n) is 10.7. The van der Waals surface area contributed by atoms with Gasteiger partial charge in [0.2, 0.25) is 0 Å². The number of fused-ring (bicyclic) bond motifs is 1. The number of hydrogen-bond donors (Lipinski definition) is 0. The summed E-state index contributed by atoms with van der Waals surface area (Å²) in [7, 11) is 0. The third kappa shape index (κ3) is 7.89. The van der Waals surface area contributed by atoms with E-state index in [1.165, 1.54) is 93.4 Å². The molecule has 0 amide bonds. The Balaban J connectivity index is 1.24. The molecule has 0 aliphatic heterocycles. The molecule has 1 heteroatoms. The Morgan fingerprint density at radius 2 is 1.31 bits per heavy atom. The van der Waals surface area contributed by atoms with Crippen LogP contribution in [0.15, 0.2) is 60.7 Å². The maximum atomic E-state index is 5.61. The van der Waals surface area contributed by atoms with E-state index in [-0.39, 0.29) is 0 Å². The van der Waals surface area contributed by atoms with Gasteiger partial charge < -0.3 is 4.74 Å². The van der Waals surface area contributed by atoms with Gasteiger partial charge in [-0.2, -0.15) is 0 Å². The van der Waals surface area contributed by atoms with Gasteiger partial charge in [0, 0.05) is 11.1 Å². The molecule has 0 radical (unpaired) electrons. The molecule has 0 spiro atoms. The van der Waals surface area contributed by atoms with Gasteiger partial charge in [-0.25, -0.2) is 0 Å². The van der Waals surface area contributed by atoms with Crippen LogP contribution in [-0.2, 0) is 0 Å². The van der Waals surface area contributed by atoms with Crippen LogP contribution >= 0.6 is 0 Å². The minimum Gasteiger partial charge on any atom is -0.494 e. The quantitative estimate of drug-likeness (QED) is 0.196. The first-order valence-electron chi connectivity index (χ1n) is 14.5. The van der Waals surface area contributed by atoms with Crippen LogP contribution in [0.2, 0.25) is 0 Å². The Kier molecular flexibility index (Phi) is 10.3. The minimum atomic E-state index is 0.689. The lowest BCUT2D eigenvalue weighted by Gasteiger charge is -2.29. The highest BCUT2D eigenvalue weighted by Crippen LogP contribution is 2.37. The molecule has 0 atom stereocenters. The van der Waals surface area contributed by atoms with Crippen molar-refractivity contribution < 1.29 is 4.74 Å². The van der Waals surface area contributed by atoms with E-state index in [2.05, 4.69) is 73.4 Å². The molecule has 0 N–H and O–H groups in total. The Morgan fingerprint density at radius 1 is 0.667 bits per heavy atom. The summed E-state index contributed by atoms with van der Waals surface area (Å²) in [6.07, 6.45) is 17.0. The summed E-state index contributed by atoms with van der Waals surface area (Å²) in [6.45, 7) is 5.00. The topological polar surface area (TPSA) is 9.23 Å². The molecule has 0 aromatic heterocycles. The Hall–Kier alpha value is -2.72. The molecular formula is C35H44O. The summed E-state index contributed by atoms with van der Waals surface area (Å²) in [5, 5.41) is 2.39. The molecule has 0 unspecified atom stereocenters. The molecule has 0 bridgehead atoms. The molecule has 4 rings (SSSR count). The summed E-state index contributed by atoms with van der Waals surface area (Å²) in [5.41, 5.74) is 3.65. The number of hydrogen-bond acceptors (Lipinski definition) is 1. The fourth-order valence-corrected chi connectivity index (χ4v) is 5.72. The number of ether oxygens (including phenoxy) is 1. The van der Waals surface area contributed by atoms with Crippen LogP contribution in [0, 0.1) is 17.8 Å². The predicted molar refractivity (Wildman–Crippen MR) is 155 cm³/mol. The summed E-state index contributed by atoms with van der Waals surface area (Å²) < 4.78 is 5.61. The predicted octanol–water partition coefficient (Wildman–Crippen LogP) is 10.1. The molecule has 1 aliphatic rings. The second-order valence-corrected chi connectivity index (χ2v) is 10.7. The first-order chi connectivity index (χ1) is 17.7. The first kappa shape index (κ1) is 26.3. The zero-order chi connectivity index (χ0) is 25.0. The molecule has 0 heterocycles. The Morgan fingerprint density at radius 3 is 2.06 bits per heavy atom. The van der Waals surface area contributed by atoms with Crippen molar-refractivity contribution in [2.75, 3.05) is 6.61 Å². The van der Waals surface area contributed by atoms with Crippen molar-refractivity contribution in [2.24, 2.45) is 5.92 Å². The van der Waals surface area contributed by atoms with E-state index in [1.54, 1.807) is 0 Å². The second kappa shape index (κ2) is 14.1. The van der Waals surface area contributed by atoms with E-state index in [0.29, 0.717) is 6.61 Å². The maximum Gasteiger partial charge on any atom is 0.119 e. The Labute approximate surface area is 219 Å². The molecule has 1 fully saturated rings. The SMILES string of the molecule is CCCCCCCCCC1CCC(c2ccc(C#Cc3ccc4cc(OCC)ccc4c3)cc2)CC1. The van der Waals surface area contributed by atoms with Crippen LogP contribution in [0.1, 0.15) is 114 Å². The first-order valence-corrected chi connectivity index (χ1v) is 14.5. The van der Waals surface area contributed by atoms with Crippen molar-refractivity contribution in [1.29, 1.82) is 0 Å².